The number of rotatable bonds is 12. The average molecular weight is 949 g/mol. The second-order valence-corrected chi connectivity index (χ2v) is 17.1. The summed E-state index contributed by atoms with van der Waals surface area (Å²) in [6, 6.07) is 27.9. The van der Waals surface area contributed by atoms with Crippen LogP contribution in [-0.4, -0.2) is 46.7 Å². The molecule has 0 amide bonds. The van der Waals surface area contributed by atoms with E-state index in [9.17, 15) is 19.2 Å². The molecule has 72 heavy (non-hydrogen) atoms. The van der Waals surface area contributed by atoms with Crippen molar-refractivity contribution in [2.45, 2.75) is 27.7 Å². The van der Waals surface area contributed by atoms with Gasteiger partial charge in [0, 0.05) is 66.8 Å². The van der Waals surface area contributed by atoms with Crippen LogP contribution in [0, 0.1) is 0 Å². The van der Waals surface area contributed by atoms with Gasteiger partial charge in [-0.1, -0.05) is 99.1 Å². The summed E-state index contributed by atoms with van der Waals surface area (Å²) in [6.07, 6.45) is 14.8. The van der Waals surface area contributed by atoms with Gasteiger partial charge in [0.2, 0.25) is 0 Å². The highest BCUT2D eigenvalue weighted by Gasteiger charge is 2.37. The Morgan fingerprint density at radius 2 is 0.764 bits per heavy atom. The molecule has 5 aliphatic rings. The van der Waals surface area contributed by atoms with Crippen molar-refractivity contribution in [3.63, 3.8) is 0 Å². The number of para-hydroxylation sites is 4. The third-order valence-corrected chi connectivity index (χ3v) is 11.3. The Kier molecular flexibility index (Phi) is 13.0. The first-order chi connectivity index (χ1) is 34.6. The van der Waals surface area contributed by atoms with Crippen molar-refractivity contribution in [3.8, 4) is 23.0 Å². The molecule has 0 atom stereocenters. The monoisotopic (exact) mass is 948 g/mol. The zero-order chi connectivity index (χ0) is 50.8. The van der Waals surface area contributed by atoms with Gasteiger partial charge in [-0.15, -0.1) is 0 Å². The Labute approximate surface area is 415 Å². The first-order valence-electron chi connectivity index (χ1n) is 22.6. The van der Waals surface area contributed by atoms with Gasteiger partial charge in [-0.05, 0) is 101 Å². The summed E-state index contributed by atoms with van der Waals surface area (Å²) in [5, 5.41) is 0. The third-order valence-electron chi connectivity index (χ3n) is 11.3. The maximum atomic E-state index is 13.6. The minimum atomic E-state index is -0.693. The molecule has 0 saturated heterocycles. The van der Waals surface area contributed by atoms with Crippen molar-refractivity contribution >= 4 is 69.0 Å². The molecular formula is C60H44N4O8. The number of aliphatic imine (C=N–C) groups is 4. The van der Waals surface area contributed by atoms with Crippen LogP contribution in [0.3, 0.4) is 0 Å². The van der Waals surface area contributed by atoms with Crippen molar-refractivity contribution in [1.82, 2.24) is 0 Å². The van der Waals surface area contributed by atoms with E-state index in [1.807, 2.05) is 42.5 Å². The first-order valence-corrected chi connectivity index (χ1v) is 22.6. The molecule has 0 fully saturated rings. The predicted octanol–water partition coefficient (Wildman–Crippen LogP) is 11.6. The number of hydrogen-bond donors (Lipinski definition) is 0. The van der Waals surface area contributed by atoms with E-state index in [1.165, 1.54) is 0 Å². The van der Waals surface area contributed by atoms with Crippen LogP contribution in [-0.2, 0) is 19.2 Å². The van der Waals surface area contributed by atoms with Crippen LogP contribution in [0.2, 0.25) is 0 Å². The number of allylic oxidation sites excluding steroid dienone is 12. The van der Waals surface area contributed by atoms with E-state index in [0.29, 0.717) is 84.5 Å². The maximum Gasteiger partial charge on any atom is 0.338 e. The third kappa shape index (κ3) is 9.65. The lowest BCUT2D eigenvalue weighted by atomic mass is 9.85. The summed E-state index contributed by atoms with van der Waals surface area (Å²) in [7, 11) is 0. The molecule has 0 saturated carbocycles. The van der Waals surface area contributed by atoms with Gasteiger partial charge in [0.25, 0.3) is 0 Å². The fourth-order valence-electron chi connectivity index (χ4n) is 7.94. The van der Waals surface area contributed by atoms with E-state index >= 15 is 0 Å². The summed E-state index contributed by atoms with van der Waals surface area (Å²) in [5.41, 5.74) is 7.57. The van der Waals surface area contributed by atoms with Gasteiger partial charge in [0.15, 0.2) is 0 Å². The van der Waals surface area contributed by atoms with Crippen LogP contribution in [0.5, 0.6) is 23.0 Å². The van der Waals surface area contributed by atoms with Crippen LogP contribution in [0.1, 0.15) is 49.9 Å². The molecule has 4 aromatic rings. The molecule has 352 valence electrons. The molecule has 5 heterocycles. The first kappa shape index (κ1) is 47.4. The Hall–Kier alpha value is -9.68. The van der Waals surface area contributed by atoms with Crippen molar-refractivity contribution in [2.24, 2.45) is 20.0 Å². The molecule has 9 rings (SSSR count). The van der Waals surface area contributed by atoms with Crippen LogP contribution in [0.25, 0.3) is 22.3 Å². The zero-order valence-electron chi connectivity index (χ0n) is 39.7. The van der Waals surface area contributed by atoms with Crippen LogP contribution >= 0.6 is 0 Å². The van der Waals surface area contributed by atoms with Gasteiger partial charge in [-0.25, -0.2) is 39.1 Å². The number of fused-ring (bicyclic) bond motifs is 4. The molecule has 12 nitrogen and oxygen atoms in total. The summed E-state index contributed by atoms with van der Waals surface area (Å²) in [6.45, 7) is 21.5. The molecular weight excluding hydrogens is 905 g/mol. The highest BCUT2D eigenvalue weighted by atomic mass is 16.5. The number of nitrogens with zero attached hydrogens (tertiary/aromatic N) is 4. The summed E-state index contributed by atoms with van der Waals surface area (Å²) < 4.78 is 24.4. The van der Waals surface area contributed by atoms with E-state index in [2.05, 4.69) is 26.3 Å². The second-order valence-electron chi connectivity index (χ2n) is 17.1. The van der Waals surface area contributed by atoms with Gasteiger partial charge in [-0.3, -0.25) is 0 Å². The molecule has 8 bridgehead atoms. The highest BCUT2D eigenvalue weighted by molar-refractivity contribution is 6.51. The fraction of sp³-hybridized carbons (Fsp3) is 0.0667. The lowest BCUT2D eigenvalue weighted by Crippen LogP contribution is -2.14. The molecule has 5 aliphatic heterocycles. The molecule has 12 heteroatoms. The van der Waals surface area contributed by atoms with Gasteiger partial charge in [0.1, 0.15) is 23.0 Å². The molecule has 0 unspecified atom stereocenters. The molecule has 0 spiro atoms. The van der Waals surface area contributed by atoms with Crippen LogP contribution < -0.4 is 18.9 Å². The maximum absolute atomic E-state index is 13.6. The van der Waals surface area contributed by atoms with E-state index < -0.39 is 23.9 Å². The zero-order valence-corrected chi connectivity index (χ0v) is 39.7. The number of carbonyl (C=O) groups excluding carboxylic acids is 4. The Balaban J connectivity index is 1.49. The lowest BCUT2D eigenvalue weighted by molar-refractivity contribution is -0.131. The molecule has 0 N–H and O–H groups in total. The average Bonchev–Trinajstić information content (AvgIpc) is 4.17. The highest BCUT2D eigenvalue weighted by Crippen LogP contribution is 2.51. The van der Waals surface area contributed by atoms with Crippen molar-refractivity contribution in [2.75, 3.05) is 0 Å². The van der Waals surface area contributed by atoms with Crippen molar-refractivity contribution in [3.05, 3.63) is 239 Å². The number of hydrogen-bond acceptors (Lipinski definition) is 12. The minimum absolute atomic E-state index is 0.121. The van der Waals surface area contributed by atoms with E-state index in [1.54, 1.807) is 131 Å². The summed E-state index contributed by atoms with van der Waals surface area (Å²) in [5.74, 6) is -2.06. The normalized spacial score (nSPS) is 15.3. The number of ether oxygens (including phenoxy) is 4. The van der Waals surface area contributed by atoms with E-state index in [-0.39, 0.29) is 51.0 Å². The second kappa shape index (κ2) is 19.7. The summed E-state index contributed by atoms with van der Waals surface area (Å²) in [4.78, 5) is 74.6. The summed E-state index contributed by atoms with van der Waals surface area (Å²) >= 11 is 0. The Morgan fingerprint density at radius 3 is 1.22 bits per heavy atom. The Morgan fingerprint density at radius 1 is 0.389 bits per heavy atom. The van der Waals surface area contributed by atoms with Gasteiger partial charge < -0.3 is 18.9 Å². The van der Waals surface area contributed by atoms with Gasteiger partial charge >= 0.3 is 23.9 Å². The van der Waals surface area contributed by atoms with Crippen molar-refractivity contribution < 1.29 is 38.1 Å². The predicted molar refractivity (Wildman–Crippen MR) is 282 cm³/mol. The molecule has 0 aromatic heterocycles. The fourth-order valence-corrected chi connectivity index (χ4v) is 7.94. The quantitative estimate of drug-likeness (QED) is 0.0772. The van der Waals surface area contributed by atoms with Crippen molar-refractivity contribution in [1.29, 1.82) is 0 Å². The van der Waals surface area contributed by atoms with Crippen LogP contribution in [0.4, 0.5) is 0 Å². The molecule has 0 aliphatic carbocycles. The number of esters is 4. The standard InChI is InChI=1S/C60H44N4O8/c1-33(2)57(65)69-48-21-13-9-17-42(48)46-31-41-30-39-26-25-37(61-39)29-38-27-28-40(62-38)32-47-52(43-18-10-14-22-49(43)70-58(66)34(3)4)53(44-19-11-15-23-50(44)71-59(67)35(5)6)56(64-47)54(55(46)63-41)45-20-12-16-24-51(45)72-60(68)36(7)8/h9-32H,1,3,5,7H2,2,4,6,8H3. The number of carbonyl (C=O) groups is 4. The topological polar surface area (TPSA) is 155 Å². The van der Waals surface area contributed by atoms with Gasteiger partial charge in [-0.2, -0.15) is 0 Å². The number of benzene rings is 4. The minimum Gasteiger partial charge on any atom is -0.423 e. The Bertz CT molecular complexity index is 3590. The molecule has 0 radical (unpaired) electrons. The largest absolute Gasteiger partial charge is 0.423 e. The SMILES string of the molecule is C=C(C)C(=O)Oc1ccccc1C1=CC2=CC3=NC(=CC4=NC(=CC5=NC(=C(c6ccccc6OC(=O)C(=C)C)C1=N2)C(c1ccccc1OC(=O)C(=C)C)=C5c1ccccc1OC(=O)C(=C)C)C=C4)C=C3. The smallest absolute Gasteiger partial charge is 0.338 e. The van der Waals surface area contributed by atoms with Gasteiger partial charge in [0.05, 0.1) is 45.6 Å². The van der Waals surface area contributed by atoms with Crippen LogP contribution in [0.15, 0.2) is 237 Å². The lowest BCUT2D eigenvalue weighted by Gasteiger charge is -2.21. The van der Waals surface area contributed by atoms with E-state index in [0.717, 1.165) is 0 Å². The molecule has 4 aromatic carbocycles. The van der Waals surface area contributed by atoms with E-state index in [4.69, 9.17) is 38.9 Å².